The van der Waals surface area contributed by atoms with Gasteiger partial charge in [-0.25, -0.2) is 13.4 Å². The van der Waals surface area contributed by atoms with Crippen molar-refractivity contribution in [1.29, 1.82) is 5.26 Å². The van der Waals surface area contributed by atoms with Crippen LogP contribution in [0, 0.1) is 11.3 Å². The third kappa shape index (κ3) is 5.03. The highest BCUT2D eigenvalue weighted by atomic mass is 32.2. The quantitative estimate of drug-likeness (QED) is 0.320. The highest BCUT2D eigenvalue weighted by Crippen LogP contribution is 2.34. The fourth-order valence-corrected chi connectivity index (χ4v) is 5.27. The number of fused-ring (bicyclic) bond motifs is 1. The Morgan fingerprint density at radius 1 is 0.973 bits per heavy atom. The van der Waals surface area contributed by atoms with Crippen LogP contribution in [-0.2, 0) is 23.4 Å². The Hall–Kier alpha value is -4.25. The molecule has 0 amide bonds. The minimum absolute atomic E-state index is 0.205. The molecule has 37 heavy (non-hydrogen) atoms. The molecule has 1 aromatic heterocycles. The lowest BCUT2D eigenvalue weighted by atomic mass is 9.91. The molecule has 7 heteroatoms. The Bertz CT molecular complexity index is 1730. The number of nitriles is 1. The molecule has 0 aliphatic carbocycles. The Kier molecular flexibility index (Phi) is 6.62. The zero-order valence-corrected chi connectivity index (χ0v) is 21.4. The fraction of sp³-hybridized carbons (Fsp3) is 0.133. The van der Waals surface area contributed by atoms with E-state index < -0.39 is 9.84 Å². The molecule has 1 atom stereocenters. The van der Waals surface area contributed by atoms with E-state index in [9.17, 15) is 13.7 Å². The molecule has 6 nitrogen and oxygen atoms in total. The summed E-state index contributed by atoms with van der Waals surface area (Å²) in [6, 6.07) is 29.3. The van der Waals surface area contributed by atoms with E-state index >= 15 is 0 Å². The first-order valence-corrected chi connectivity index (χ1v) is 13.7. The predicted octanol–water partition coefficient (Wildman–Crippen LogP) is 5.39. The van der Waals surface area contributed by atoms with E-state index in [0.717, 1.165) is 38.7 Å². The van der Waals surface area contributed by atoms with Crippen molar-refractivity contribution < 1.29 is 8.42 Å². The SMILES string of the molecule is Cn1cncc1C(NCc1ccc(S(C)(=O)=O)cc1)c1ccc(C#N)c(-c2cccc3ccccc23)c1. The molecule has 4 aromatic carbocycles. The summed E-state index contributed by atoms with van der Waals surface area (Å²) in [4.78, 5) is 4.62. The third-order valence-corrected chi connectivity index (χ3v) is 7.72. The van der Waals surface area contributed by atoms with Crippen LogP contribution in [0.4, 0.5) is 0 Å². The van der Waals surface area contributed by atoms with E-state index in [-0.39, 0.29) is 6.04 Å². The van der Waals surface area contributed by atoms with E-state index in [0.29, 0.717) is 17.0 Å². The number of hydrogen-bond donors (Lipinski definition) is 1. The van der Waals surface area contributed by atoms with Crippen molar-refractivity contribution in [3.63, 3.8) is 0 Å². The number of sulfone groups is 1. The average molecular weight is 507 g/mol. The summed E-state index contributed by atoms with van der Waals surface area (Å²) in [6.45, 7) is 0.517. The van der Waals surface area contributed by atoms with Gasteiger partial charge in [0.25, 0.3) is 0 Å². The molecule has 0 aliphatic rings. The van der Waals surface area contributed by atoms with E-state index in [1.165, 1.54) is 6.26 Å². The maximum Gasteiger partial charge on any atom is 0.175 e. The van der Waals surface area contributed by atoms with Gasteiger partial charge < -0.3 is 9.88 Å². The smallest absolute Gasteiger partial charge is 0.175 e. The second-order valence-electron chi connectivity index (χ2n) is 9.10. The molecule has 0 saturated carbocycles. The summed E-state index contributed by atoms with van der Waals surface area (Å²) < 4.78 is 25.6. The monoisotopic (exact) mass is 506 g/mol. The number of nitrogens with zero attached hydrogens (tertiary/aromatic N) is 3. The number of hydrogen-bond acceptors (Lipinski definition) is 5. The van der Waals surface area contributed by atoms with Gasteiger partial charge >= 0.3 is 0 Å². The van der Waals surface area contributed by atoms with Crippen molar-refractivity contribution in [2.45, 2.75) is 17.5 Å². The lowest BCUT2D eigenvalue weighted by Crippen LogP contribution is -2.24. The Morgan fingerprint density at radius 2 is 1.73 bits per heavy atom. The molecule has 0 aliphatic heterocycles. The molecule has 0 saturated heterocycles. The van der Waals surface area contributed by atoms with Gasteiger partial charge in [0.15, 0.2) is 9.84 Å². The standard InChI is InChI=1S/C30H26N4O2S/c1-34-20-32-19-29(34)30(33-18-21-10-14-25(15-11-21)37(2,35)36)23-12-13-24(17-31)28(16-23)27-9-5-7-22-6-3-4-8-26(22)27/h3-16,19-20,30,33H,18H2,1-2H3. The van der Waals surface area contributed by atoms with Crippen molar-refractivity contribution in [3.8, 4) is 17.2 Å². The van der Waals surface area contributed by atoms with Crippen molar-refractivity contribution in [3.05, 3.63) is 120 Å². The van der Waals surface area contributed by atoms with Gasteiger partial charge in [0.05, 0.1) is 40.8 Å². The van der Waals surface area contributed by atoms with Gasteiger partial charge in [0.2, 0.25) is 0 Å². The van der Waals surface area contributed by atoms with E-state index in [2.05, 4.69) is 46.7 Å². The highest BCUT2D eigenvalue weighted by molar-refractivity contribution is 7.90. The summed E-state index contributed by atoms with van der Waals surface area (Å²) >= 11 is 0. The van der Waals surface area contributed by atoms with Crippen LogP contribution >= 0.6 is 0 Å². The zero-order valence-electron chi connectivity index (χ0n) is 20.6. The first kappa shape index (κ1) is 24.4. The summed E-state index contributed by atoms with van der Waals surface area (Å²) in [5.41, 5.74) is 5.43. The minimum atomic E-state index is -3.25. The fourth-order valence-electron chi connectivity index (χ4n) is 4.64. The molecule has 0 radical (unpaired) electrons. The molecular weight excluding hydrogens is 480 g/mol. The third-order valence-electron chi connectivity index (χ3n) is 6.59. The van der Waals surface area contributed by atoms with Gasteiger partial charge in [0.1, 0.15) is 0 Å². The van der Waals surface area contributed by atoms with Crippen LogP contribution < -0.4 is 5.32 Å². The Balaban J connectivity index is 1.55. The van der Waals surface area contributed by atoms with Crippen LogP contribution in [0.15, 0.2) is 102 Å². The summed E-state index contributed by atoms with van der Waals surface area (Å²) in [7, 11) is -1.30. The van der Waals surface area contributed by atoms with Crippen LogP contribution in [-0.4, -0.2) is 24.2 Å². The number of aryl methyl sites for hydroxylation is 1. The predicted molar refractivity (Wildman–Crippen MR) is 146 cm³/mol. The van der Waals surface area contributed by atoms with Crippen molar-refractivity contribution in [2.24, 2.45) is 7.05 Å². The maximum absolute atomic E-state index is 11.8. The Labute approximate surface area is 216 Å². The van der Waals surface area contributed by atoms with E-state index in [1.807, 2.05) is 60.3 Å². The average Bonchev–Trinajstić information content (AvgIpc) is 3.33. The maximum atomic E-state index is 11.8. The highest BCUT2D eigenvalue weighted by Gasteiger charge is 2.20. The first-order chi connectivity index (χ1) is 17.8. The van der Waals surface area contributed by atoms with Gasteiger partial charge in [0, 0.05) is 25.4 Å². The number of benzene rings is 4. The zero-order chi connectivity index (χ0) is 26.0. The second kappa shape index (κ2) is 10.0. The number of aromatic nitrogens is 2. The lowest BCUT2D eigenvalue weighted by molar-refractivity contribution is 0.573. The normalized spacial score (nSPS) is 12.4. The van der Waals surface area contributed by atoms with Crippen LogP contribution in [0.1, 0.15) is 28.4 Å². The lowest BCUT2D eigenvalue weighted by Gasteiger charge is -2.21. The van der Waals surface area contributed by atoms with Gasteiger partial charge in [-0.2, -0.15) is 5.26 Å². The van der Waals surface area contributed by atoms with Crippen LogP contribution in [0.25, 0.3) is 21.9 Å². The van der Waals surface area contributed by atoms with Crippen molar-refractivity contribution in [2.75, 3.05) is 6.26 Å². The van der Waals surface area contributed by atoms with E-state index in [4.69, 9.17) is 0 Å². The van der Waals surface area contributed by atoms with Crippen molar-refractivity contribution in [1.82, 2.24) is 14.9 Å². The van der Waals surface area contributed by atoms with Gasteiger partial charge in [-0.15, -0.1) is 0 Å². The molecule has 5 aromatic rings. The molecule has 1 unspecified atom stereocenters. The van der Waals surface area contributed by atoms with Crippen LogP contribution in [0.5, 0.6) is 0 Å². The summed E-state index contributed by atoms with van der Waals surface area (Å²) in [6.07, 6.45) is 4.80. The van der Waals surface area contributed by atoms with Gasteiger partial charge in [-0.3, -0.25) is 0 Å². The summed E-state index contributed by atoms with van der Waals surface area (Å²) in [5.74, 6) is 0. The molecule has 184 valence electrons. The molecular formula is C30H26N4O2S. The summed E-state index contributed by atoms with van der Waals surface area (Å²) in [5, 5.41) is 15.7. The molecule has 5 rings (SSSR count). The number of imidazole rings is 1. The number of rotatable bonds is 7. The number of nitrogens with one attached hydrogen (secondary N) is 1. The van der Waals surface area contributed by atoms with Crippen LogP contribution in [0.3, 0.4) is 0 Å². The van der Waals surface area contributed by atoms with Crippen molar-refractivity contribution >= 4 is 20.6 Å². The van der Waals surface area contributed by atoms with Crippen LogP contribution in [0.2, 0.25) is 0 Å². The molecule has 1 heterocycles. The second-order valence-corrected chi connectivity index (χ2v) is 11.1. The molecule has 0 spiro atoms. The largest absolute Gasteiger partial charge is 0.336 e. The molecule has 1 N–H and O–H groups in total. The first-order valence-electron chi connectivity index (χ1n) is 11.9. The van der Waals surface area contributed by atoms with Gasteiger partial charge in [-0.05, 0) is 51.7 Å². The Morgan fingerprint density at radius 3 is 2.43 bits per heavy atom. The minimum Gasteiger partial charge on any atom is -0.336 e. The van der Waals surface area contributed by atoms with Gasteiger partial charge in [-0.1, -0.05) is 60.7 Å². The molecule has 0 bridgehead atoms. The topological polar surface area (TPSA) is 87.8 Å². The van der Waals surface area contributed by atoms with E-state index in [1.54, 1.807) is 18.5 Å². The molecule has 0 fully saturated rings.